The highest BCUT2D eigenvalue weighted by atomic mass is 32.2. The Labute approximate surface area is 126 Å². The van der Waals surface area contributed by atoms with Gasteiger partial charge in [-0.3, -0.25) is 14.4 Å². The van der Waals surface area contributed by atoms with E-state index < -0.39 is 30.9 Å². The van der Waals surface area contributed by atoms with E-state index in [4.69, 9.17) is 10.2 Å². The number of carboxylic acid groups (broad SMARTS) is 2. The molecular weight excluding hydrogens is 294 g/mol. The lowest BCUT2D eigenvalue weighted by Crippen LogP contribution is -2.40. The average molecular weight is 311 g/mol. The van der Waals surface area contributed by atoms with Crippen molar-refractivity contribution in [1.82, 2.24) is 4.90 Å². The van der Waals surface area contributed by atoms with Crippen LogP contribution >= 0.6 is 11.8 Å². The van der Waals surface area contributed by atoms with E-state index in [1.54, 1.807) is 0 Å². The third-order valence-electron chi connectivity index (χ3n) is 2.62. The van der Waals surface area contributed by atoms with Gasteiger partial charge >= 0.3 is 11.9 Å². The maximum absolute atomic E-state index is 11.8. The number of carbonyl (C=O) groups is 3. The van der Waals surface area contributed by atoms with E-state index in [2.05, 4.69) is 0 Å². The number of amides is 1. The van der Waals surface area contributed by atoms with Gasteiger partial charge in [0.25, 0.3) is 0 Å². The summed E-state index contributed by atoms with van der Waals surface area (Å²) in [7, 11) is 0. The fourth-order valence-corrected chi connectivity index (χ4v) is 2.48. The standard InChI is InChI=1S/C14H17NO5S/c1-10-2-4-11(5-3-10)8-21-9-12(16)15(6-13(17)18)7-14(19)20/h2-5H,6-9H2,1H3,(H,17,18)(H,19,20). The Kier molecular flexibility index (Phi) is 6.74. The van der Waals surface area contributed by atoms with Crippen molar-refractivity contribution in [2.75, 3.05) is 18.8 Å². The molecule has 0 saturated heterocycles. The van der Waals surface area contributed by atoms with Gasteiger partial charge in [-0.1, -0.05) is 29.8 Å². The lowest BCUT2D eigenvalue weighted by molar-refractivity contribution is -0.148. The fourth-order valence-electron chi connectivity index (χ4n) is 1.59. The molecule has 2 N–H and O–H groups in total. The number of aliphatic carboxylic acids is 2. The number of hydrogen-bond acceptors (Lipinski definition) is 4. The van der Waals surface area contributed by atoms with Gasteiger partial charge in [0.05, 0.1) is 5.75 Å². The zero-order valence-electron chi connectivity index (χ0n) is 11.6. The Morgan fingerprint density at radius 3 is 2.05 bits per heavy atom. The average Bonchev–Trinajstić information content (AvgIpc) is 2.39. The molecule has 0 spiro atoms. The second-order valence-corrected chi connectivity index (χ2v) is 5.50. The summed E-state index contributed by atoms with van der Waals surface area (Å²) in [5, 5.41) is 17.4. The number of aryl methyl sites for hydroxylation is 1. The largest absolute Gasteiger partial charge is 0.480 e. The van der Waals surface area contributed by atoms with Gasteiger partial charge in [0, 0.05) is 5.75 Å². The van der Waals surface area contributed by atoms with Crippen LogP contribution in [0.3, 0.4) is 0 Å². The number of rotatable bonds is 8. The van der Waals surface area contributed by atoms with E-state index in [-0.39, 0.29) is 5.75 Å². The first kappa shape index (κ1) is 17.0. The monoisotopic (exact) mass is 311 g/mol. The minimum absolute atomic E-state index is 0.0500. The van der Waals surface area contributed by atoms with Gasteiger partial charge in [-0.25, -0.2) is 0 Å². The van der Waals surface area contributed by atoms with Crippen LogP contribution in [0.1, 0.15) is 11.1 Å². The van der Waals surface area contributed by atoms with Crippen LogP contribution in [0, 0.1) is 6.92 Å². The first-order valence-corrected chi connectivity index (χ1v) is 7.38. The zero-order chi connectivity index (χ0) is 15.8. The molecular formula is C14H17NO5S. The van der Waals surface area contributed by atoms with E-state index in [0.29, 0.717) is 5.75 Å². The third-order valence-corrected chi connectivity index (χ3v) is 3.61. The summed E-state index contributed by atoms with van der Waals surface area (Å²) in [5.74, 6) is -2.28. The lowest BCUT2D eigenvalue weighted by atomic mass is 10.2. The van der Waals surface area contributed by atoms with E-state index in [1.165, 1.54) is 11.8 Å². The normalized spacial score (nSPS) is 10.1. The van der Waals surface area contributed by atoms with E-state index >= 15 is 0 Å². The molecule has 6 nitrogen and oxygen atoms in total. The molecule has 0 aliphatic carbocycles. The summed E-state index contributed by atoms with van der Waals surface area (Å²) < 4.78 is 0. The quantitative estimate of drug-likeness (QED) is 0.749. The van der Waals surface area contributed by atoms with Crippen LogP contribution in [0.2, 0.25) is 0 Å². The summed E-state index contributed by atoms with van der Waals surface area (Å²) >= 11 is 1.33. The maximum atomic E-state index is 11.8. The maximum Gasteiger partial charge on any atom is 0.323 e. The summed E-state index contributed by atoms with van der Waals surface area (Å²) in [5.41, 5.74) is 2.20. The zero-order valence-corrected chi connectivity index (χ0v) is 12.4. The van der Waals surface area contributed by atoms with Crippen LogP contribution in [0.4, 0.5) is 0 Å². The number of benzene rings is 1. The molecule has 0 heterocycles. The molecule has 1 aromatic carbocycles. The van der Waals surface area contributed by atoms with Crippen LogP contribution in [0.5, 0.6) is 0 Å². The van der Waals surface area contributed by atoms with Gasteiger partial charge in [-0.15, -0.1) is 11.8 Å². The summed E-state index contributed by atoms with van der Waals surface area (Å²) in [6.45, 7) is 0.780. The highest BCUT2D eigenvalue weighted by Gasteiger charge is 2.19. The molecule has 21 heavy (non-hydrogen) atoms. The van der Waals surface area contributed by atoms with Crippen molar-refractivity contribution >= 4 is 29.6 Å². The molecule has 7 heteroatoms. The highest BCUT2D eigenvalue weighted by Crippen LogP contribution is 2.13. The smallest absolute Gasteiger partial charge is 0.323 e. The Morgan fingerprint density at radius 2 is 1.57 bits per heavy atom. The van der Waals surface area contributed by atoms with Crippen molar-refractivity contribution in [2.45, 2.75) is 12.7 Å². The predicted octanol–water partition coefficient (Wildman–Crippen LogP) is 1.23. The summed E-state index contributed by atoms with van der Waals surface area (Å²) in [6.07, 6.45) is 0. The molecule has 114 valence electrons. The van der Waals surface area contributed by atoms with Crippen molar-refractivity contribution in [2.24, 2.45) is 0 Å². The minimum atomic E-state index is -1.23. The third kappa shape index (κ3) is 6.80. The molecule has 0 aromatic heterocycles. The lowest BCUT2D eigenvalue weighted by Gasteiger charge is -2.18. The van der Waals surface area contributed by atoms with Crippen molar-refractivity contribution in [3.8, 4) is 0 Å². The van der Waals surface area contributed by atoms with Gasteiger partial charge in [0.1, 0.15) is 13.1 Å². The Balaban J connectivity index is 2.47. The molecule has 0 fully saturated rings. The minimum Gasteiger partial charge on any atom is -0.480 e. The molecule has 0 aliphatic heterocycles. The molecule has 1 aromatic rings. The number of carbonyl (C=O) groups excluding carboxylic acids is 1. The first-order valence-electron chi connectivity index (χ1n) is 6.23. The van der Waals surface area contributed by atoms with Crippen LogP contribution in [0.25, 0.3) is 0 Å². The van der Waals surface area contributed by atoms with Crippen molar-refractivity contribution < 1.29 is 24.6 Å². The molecule has 1 amide bonds. The summed E-state index contributed by atoms with van der Waals surface area (Å²) in [6, 6.07) is 7.86. The Hall–Kier alpha value is -2.02. The molecule has 0 unspecified atom stereocenters. The SMILES string of the molecule is Cc1ccc(CSCC(=O)N(CC(=O)O)CC(=O)O)cc1. The van der Waals surface area contributed by atoms with Gasteiger partial charge in [0.15, 0.2) is 0 Å². The van der Waals surface area contributed by atoms with Crippen LogP contribution in [0.15, 0.2) is 24.3 Å². The second-order valence-electron chi connectivity index (χ2n) is 4.52. The Bertz CT molecular complexity index is 499. The summed E-state index contributed by atoms with van der Waals surface area (Å²) in [4.78, 5) is 33.9. The number of hydrogen-bond donors (Lipinski definition) is 2. The Morgan fingerprint density at radius 1 is 1.05 bits per heavy atom. The number of thioether (sulfide) groups is 1. The molecule has 0 aliphatic rings. The van der Waals surface area contributed by atoms with Gasteiger partial charge in [-0.2, -0.15) is 0 Å². The van der Waals surface area contributed by atoms with E-state index in [9.17, 15) is 14.4 Å². The van der Waals surface area contributed by atoms with Crippen LogP contribution in [-0.4, -0.2) is 51.8 Å². The van der Waals surface area contributed by atoms with Crippen molar-refractivity contribution in [1.29, 1.82) is 0 Å². The van der Waals surface area contributed by atoms with Gasteiger partial charge in [0.2, 0.25) is 5.91 Å². The fraction of sp³-hybridized carbons (Fsp3) is 0.357. The van der Waals surface area contributed by atoms with Crippen molar-refractivity contribution in [3.63, 3.8) is 0 Å². The van der Waals surface area contributed by atoms with E-state index in [1.807, 2.05) is 31.2 Å². The molecule has 0 bridgehead atoms. The van der Waals surface area contributed by atoms with Gasteiger partial charge < -0.3 is 15.1 Å². The predicted molar refractivity (Wildman–Crippen MR) is 79.2 cm³/mol. The topological polar surface area (TPSA) is 94.9 Å². The molecule has 1 rings (SSSR count). The van der Waals surface area contributed by atoms with Crippen LogP contribution < -0.4 is 0 Å². The highest BCUT2D eigenvalue weighted by molar-refractivity contribution is 7.99. The number of nitrogens with zero attached hydrogens (tertiary/aromatic N) is 1. The van der Waals surface area contributed by atoms with E-state index in [0.717, 1.165) is 16.0 Å². The van der Waals surface area contributed by atoms with Crippen LogP contribution in [-0.2, 0) is 20.1 Å². The van der Waals surface area contributed by atoms with Crippen molar-refractivity contribution in [3.05, 3.63) is 35.4 Å². The molecule has 0 saturated carbocycles. The number of carboxylic acids is 2. The first-order chi connectivity index (χ1) is 9.88. The second kappa shape index (κ2) is 8.31. The van der Waals surface area contributed by atoms with Gasteiger partial charge in [-0.05, 0) is 12.5 Å². The molecule has 0 radical (unpaired) electrons. The molecule has 0 atom stereocenters.